The number of esters is 1. The molecule has 0 radical (unpaired) electrons. The molecule has 1 aliphatic rings. The molecule has 164 valence electrons. The third-order valence-electron chi connectivity index (χ3n) is 5.03. The van der Waals surface area contributed by atoms with Gasteiger partial charge in [-0.2, -0.15) is 5.26 Å². The molecule has 2 aromatic rings. The van der Waals surface area contributed by atoms with Crippen molar-refractivity contribution in [3.8, 4) is 17.6 Å². The maximum atomic E-state index is 12.7. The number of nitriles is 1. The molecule has 0 amide bonds. The van der Waals surface area contributed by atoms with E-state index in [1.165, 1.54) is 26.4 Å². The van der Waals surface area contributed by atoms with Crippen molar-refractivity contribution in [2.45, 2.75) is 0 Å². The van der Waals surface area contributed by atoms with E-state index >= 15 is 0 Å². The maximum Gasteiger partial charge on any atom is 0.331 e. The second-order valence-corrected chi connectivity index (χ2v) is 6.86. The van der Waals surface area contributed by atoms with Crippen LogP contribution in [0.4, 0.5) is 11.4 Å². The summed E-state index contributed by atoms with van der Waals surface area (Å²) in [5, 5.41) is 9.63. The van der Waals surface area contributed by atoms with Crippen LogP contribution < -0.4 is 19.3 Å². The first-order valence-electron chi connectivity index (χ1n) is 9.72. The quantitative estimate of drug-likeness (QED) is 0.374. The van der Waals surface area contributed by atoms with Gasteiger partial charge in [0.05, 0.1) is 25.6 Å². The number of carbonyl (C=O) groups excluding carboxylic acids is 2. The van der Waals surface area contributed by atoms with Crippen LogP contribution in [0.2, 0.25) is 0 Å². The Hall–Kier alpha value is -4.25. The van der Waals surface area contributed by atoms with Crippen LogP contribution in [0.25, 0.3) is 6.08 Å². The van der Waals surface area contributed by atoms with E-state index in [9.17, 15) is 14.9 Å². The Labute approximate surface area is 186 Å². The van der Waals surface area contributed by atoms with Crippen LogP contribution in [-0.4, -0.2) is 46.7 Å². The van der Waals surface area contributed by atoms with Crippen LogP contribution in [0.1, 0.15) is 5.56 Å². The number of benzene rings is 2. The Kier molecular flexibility index (Phi) is 6.80. The van der Waals surface area contributed by atoms with Gasteiger partial charge in [0.15, 0.2) is 18.1 Å². The van der Waals surface area contributed by atoms with E-state index in [4.69, 9.17) is 14.2 Å². The summed E-state index contributed by atoms with van der Waals surface area (Å²) in [6, 6.07) is 14.8. The fourth-order valence-electron chi connectivity index (χ4n) is 3.52. The SMILES string of the molecule is COc1cccc(/C=C/C(=O)OCC(=O)C(C#N)=C2N(C)c3ccccc3N2C)c1OC. The maximum absolute atomic E-state index is 12.7. The van der Waals surface area contributed by atoms with E-state index in [-0.39, 0.29) is 5.57 Å². The van der Waals surface area contributed by atoms with Crippen LogP contribution in [0.5, 0.6) is 11.5 Å². The van der Waals surface area contributed by atoms with E-state index in [0.29, 0.717) is 22.9 Å². The Morgan fingerprint density at radius 2 is 1.66 bits per heavy atom. The normalized spacial score (nSPS) is 12.4. The van der Waals surface area contributed by atoms with Crippen molar-refractivity contribution in [2.75, 3.05) is 44.7 Å². The van der Waals surface area contributed by atoms with Crippen LogP contribution >= 0.6 is 0 Å². The van der Waals surface area contributed by atoms with E-state index in [0.717, 1.165) is 11.4 Å². The molecule has 8 heteroatoms. The second kappa shape index (κ2) is 9.71. The monoisotopic (exact) mass is 433 g/mol. The number of anilines is 2. The number of hydrogen-bond donors (Lipinski definition) is 0. The minimum absolute atomic E-state index is 0.0857. The fraction of sp³-hybridized carbons (Fsp3) is 0.208. The average Bonchev–Trinajstić information content (AvgIpc) is 3.07. The lowest BCUT2D eigenvalue weighted by Gasteiger charge is -2.19. The molecular formula is C24H23N3O5. The van der Waals surface area contributed by atoms with E-state index < -0.39 is 18.4 Å². The molecule has 0 aromatic heterocycles. The molecule has 2 aromatic carbocycles. The highest BCUT2D eigenvalue weighted by molar-refractivity contribution is 6.04. The van der Waals surface area contributed by atoms with Gasteiger partial charge in [-0.15, -0.1) is 0 Å². The summed E-state index contributed by atoms with van der Waals surface area (Å²) < 4.78 is 15.6. The van der Waals surface area contributed by atoms with Crippen molar-refractivity contribution in [1.82, 2.24) is 0 Å². The molecule has 0 N–H and O–H groups in total. The number of ketones is 1. The fourth-order valence-corrected chi connectivity index (χ4v) is 3.52. The summed E-state index contributed by atoms with van der Waals surface area (Å²) in [5.41, 5.74) is 2.27. The number of nitrogens with zero attached hydrogens (tertiary/aromatic N) is 3. The number of fused-ring (bicyclic) bond motifs is 1. The lowest BCUT2D eigenvalue weighted by atomic mass is 10.1. The number of rotatable bonds is 7. The zero-order valence-corrected chi connectivity index (χ0v) is 18.3. The van der Waals surface area contributed by atoms with Gasteiger partial charge in [-0.1, -0.05) is 24.3 Å². The lowest BCUT2D eigenvalue weighted by molar-refractivity contribution is -0.141. The molecule has 0 saturated carbocycles. The molecule has 0 unspecified atom stereocenters. The first-order valence-corrected chi connectivity index (χ1v) is 9.72. The van der Waals surface area contributed by atoms with Gasteiger partial charge < -0.3 is 24.0 Å². The summed E-state index contributed by atoms with van der Waals surface area (Å²) in [5.74, 6) is 0.121. The highest BCUT2D eigenvalue weighted by Gasteiger charge is 2.31. The van der Waals surface area contributed by atoms with Crippen molar-refractivity contribution in [3.63, 3.8) is 0 Å². The second-order valence-electron chi connectivity index (χ2n) is 6.86. The Bertz CT molecular complexity index is 1120. The van der Waals surface area contributed by atoms with Gasteiger partial charge >= 0.3 is 5.97 Å². The molecule has 0 saturated heterocycles. The summed E-state index contributed by atoms with van der Waals surface area (Å²) >= 11 is 0. The van der Waals surface area contributed by atoms with Gasteiger partial charge in [0.2, 0.25) is 5.78 Å². The van der Waals surface area contributed by atoms with Gasteiger partial charge in [-0.3, -0.25) is 4.79 Å². The topological polar surface area (TPSA) is 92.1 Å². The van der Waals surface area contributed by atoms with Gasteiger partial charge in [-0.25, -0.2) is 4.79 Å². The number of Topliss-reactive ketones (excluding diaryl/α,β-unsaturated/α-hetero) is 1. The van der Waals surface area contributed by atoms with Gasteiger partial charge in [-0.05, 0) is 24.3 Å². The van der Waals surface area contributed by atoms with E-state index in [2.05, 4.69) is 0 Å². The third-order valence-corrected chi connectivity index (χ3v) is 5.03. The molecule has 32 heavy (non-hydrogen) atoms. The molecule has 0 atom stereocenters. The molecule has 1 aliphatic heterocycles. The molecule has 8 nitrogen and oxygen atoms in total. The van der Waals surface area contributed by atoms with Crippen molar-refractivity contribution in [1.29, 1.82) is 5.26 Å². The minimum atomic E-state index is -0.720. The van der Waals surface area contributed by atoms with Crippen molar-refractivity contribution < 1.29 is 23.8 Å². The van der Waals surface area contributed by atoms with Crippen molar-refractivity contribution in [3.05, 3.63) is 65.5 Å². The summed E-state index contributed by atoms with van der Waals surface area (Å²) in [4.78, 5) is 28.4. The van der Waals surface area contributed by atoms with Gasteiger partial charge in [0, 0.05) is 25.7 Å². The first kappa shape index (κ1) is 22.4. The zero-order valence-electron chi connectivity index (χ0n) is 18.3. The smallest absolute Gasteiger partial charge is 0.331 e. The van der Waals surface area contributed by atoms with E-state index in [1.54, 1.807) is 42.1 Å². The number of ether oxygens (including phenoxy) is 3. The number of hydrogen-bond acceptors (Lipinski definition) is 8. The lowest BCUT2D eigenvalue weighted by Crippen LogP contribution is -2.27. The number of carbonyl (C=O) groups is 2. The molecule has 3 rings (SSSR count). The zero-order chi connectivity index (χ0) is 23.3. The number of methoxy groups -OCH3 is 2. The Morgan fingerprint density at radius 3 is 2.22 bits per heavy atom. The number of para-hydroxylation sites is 3. The highest BCUT2D eigenvalue weighted by Crippen LogP contribution is 2.40. The summed E-state index contributed by atoms with van der Waals surface area (Å²) in [6.45, 7) is -0.553. The van der Waals surface area contributed by atoms with Crippen molar-refractivity contribution >= 4 is 29.2 Å². The molecular weight excluding hydrogens is 410 g/mol. The first-order chi connectivity index (χ1) is 15.4. The molecule has 1 heterocycles. The predicted molar refractivity (Wildman–Crippen MR) is 120 cm³/mol. The standard InChI is InChI=1S/C24H23N3O5/c1-26-18-9-5-6-10-19(18)27(2)24(26)17(14-25)20(28)15-32-22(29)13-12-16-8-7-11-21(30-3)23(16)31-4/h5-13H,15H2,1-4H3/b13-12+. The largest absolute Gasteiger partial charge is 0.493 e. The van der Waals surface area contributed by atoms with Crippen LogP contribution in [0, 0.1) is 11.3 Å². The van der Waals surface area contributed by atoms with Crippen LogP contribution in [0.3, 0.4) is 0 Å². The van der Waals surface area contributed by atoms with E-state index in [1.807, 2.05) is 30.3 Å². The molecule has 0 fully saturated rings. The minimum Gasteiger partial charge on any atom is -0.493 e. The molecule has 0 spiro atoms. The van der Waals surface area contributed by atoms with Gasteiger partial charge in [0.1, 0.15) is 17.5 Å². The average molecular weight is 433 g/mol. The Morgan fingerprint density at radius 1 is 1.00 bits per heavy atom. The van der Waals surface area contributed by atoms with Crippen LogP contribution in [0.15, 0.2) is 59.9 Å². The summed E-state index contributed by atoms with van der Waals surface area (Å²) in [7, 11) is 6.57. The third kappa shape index (κ3) is 4.27. The van der Waals surface area contributed by atoms with Crippen LogP contribution in [-0.2, 0) is 14.3 Å². The summed E-state index contributed by atoms with van der Waals surface area (Å²) in [6.07, 6.45) is 2.69. The van der Waals surface area contributed by atoms with Crippen molar-refractivity contribution in [2.24, 2.45) is 0 Å². The molecule has 0 bridgehead atoms. The Balaban J connectivity index is 1.72. The predicted octanol–water partition coefficient (Wildman–Crippen LogP) is 3.15. The van der Waals surface area contributed by atoms with Gasteiger partial charge in [0.25, 0.3) is 0 Å². The highest BCUT2D eigenvalue weighted by atomic mass is 16.5. The molecule has 0 aliphatic carbocycles.